The summed E-state index contributed by atoms with van der Waals surface area (Å²) >= 11 is 0. The summed E-state index contributed by atoms with van der Waals surface area (Å²) < 4.78 is 0. The summed E-state index contributed by atoms with van der Waals surface area (Å²) in [6.07, 6.45) is 2.18. The first-order chi connectivity index (χ1) is 12.6. The highest BCUT2D eigenvalue weighted by molar-refractivity contribution is 6.01. The maximum absolute atomic E-state index is 12.7. The minimum absolute atomic E-state index is 0.218. The van der Waals surface area contributed by atoms with Crippen molar-refractivity contribution in [2.24, 2.45) is 0 Å². The van der Waals surface area contributed by atoms with Crippen LogP contribution < -0.4 is 0 Å². The van der Waals surface area contributed by atoms with E-state index in [1.165, 1.54) is 4.90 Å². The average molecular weight is 346 g/mol. The van der Waals surface area contributed by atoms with Gasteiger partial charge in [0.05, 0.1) is 5.52 Å². The SMILES string of the molecule is CCC(C(=O)O)N1Cc2ccc(-c3cnc4ccccc4c3)cc2C1=O. The zero-order valence-electron chi connectivity index (χ0n) is 14.3. The zero-order valence-corrected chi connectivity index (χ0v) is 14.3. The van der Waals surface area contributed by atoms with E-state index in [2.05, 4.69) is 4.98 Å². The molecule has 26 heavy (non-hydrogen) atoms. The number of nitrogens with zero attached hydrogens (tertiary/aromatic N) is 2. The van der Waals surface area contributed by atoms with Crippen LogP contribution in [0.1, 0.15) is 29.3 Å². The molecule has 0 radical (unpaired) electrons. The molecule has 1 aliphatic rings. The molecule has 0 saturated carbocycles. The molecule has 0 fully saturated rings. The molecule has 1 aromatic heterocycles. The van der Waals surface area contributed by atoms with Crippen LogP contribution in [0.4, 0.5) is 0 Å². The van der Waals surface area contributed by atoms with Crippen molar-refractivity contribution in [1.82, 2.24) is 9.88 Å². The standard InChI is InChI=1S/C21H18N2O3/c1-2-19(21(25)26)23-12-15-8-7-13(10-17(15)20(23)24)16-9-14-5-3-4-6-18(14)22-11-16/h3-11,19H,2,12H2,1H3,(H,25,26). The lowest BCUT2D eigenvalue weighted by atomic mass is 10.0. The Bertz CT molecular complexity index is 1030. The van der Waals surface area contributed by atoms with Crippen molar-refractivity contribution in [3.8, 4) is 11.1 Å². The van der Waals surface area contributed by atoms with Gasteiger partial charge in [0.15, 0.2) is 0 Å². The predicted molar refractivity (Wildman–Crippen MR) is 98.8 cm³/mol. The number of carbonyl (C=O) groups is 2. The molecular formula is C21H18N2O3. The molecule has 0 bridgehead atoms. The van der Waals surface area contributed by atoms with Gasteiger partial charge in [-0.1, -0.05) is 37.3 Å². The molecule has 1 aliphatic heterocycles. The summed E-state index contributed by atoms with van der Waals surface area (Å²) in [5.41, 5.74) is 4.21. The minimum Gasteiger partial charge on any atom is -0.480 e. The topological polar surface area (TPSA) is 70.5 Å². The first-order valence-corrected chi connectivity index (χ1v) is 8.60. The Kier molecular flexibility index (Phi) is 3.92. The van der Waals surface area contributed by atoms with E-state index < -0.39 is 12.0 Å². The van der Waals surface area contributed by atoms with Gasteiger partial charge in [-0.2, -0.15) is 0 Å². The minimum atomic E-state index is -0.965. The number of benzene rings is 2. The fourth-order valence-electron chi connectivity index (χ4n) is 3.51. The van der Waals surface area contributed by atoms with Crippen molar-refractivity contribution in [3.05, 3.63) is 65.9 Å². The van der Waals surface area contributed by atoms with E-state index in [1.807, 2.05) is 48.5 Å². The fraction of sp³-hybridized carbons (Fsp3) is 0.190. The second kappa shape index (κ2) is 6.26. The van der Waals surface area contributed by atoms with E-state index in [1.54, 1.807) is 13.1 Å². The van der Waals surface area contributed by atoms with Gasteiger partial charge in [0.2, 0.25) is 0 Å². The first kappa shape index (κ1) is 16.3. The first-order valence-electron chi connectivity index (χ1n) is 8.60. The lowest BCUT2D eigenvalue weighted by Crippen LogP contribution is -2.40. The van der Waals surface area contributed by atoms with Crippen LogP contribution in [0.25, 0.3) is 22.0 Å². The van der Waals surface area contributed by atoms with Crippen LogP contribution in [0, 0.1) is 0 Å². The van der Waals surface area contributed by atoms with Gasteiger partial charge in [-0.25, -0.2) is 4.79 Å². The number of para-hydroxylation sites is 1. The van der Waals surface area contributed by atoms with E-state index in [0.717, 1.165) is 27.6 Å². The van der Waals surface area contributed by atoms with E-state index in [9.17, 15) is 14.7 Å². The predicted octanol–water partition coefficient (Wildman–Crippen LogP) is 3.72. The largest absolute Gasteiger partial charge is 0.480 e. The highest BCUT2D eigenvalue weighted by Gasteiger charge is 2.35. The molecule has 1 N–H and O–H groups in total. The molecule has 1 amide bonds. The Hall–Kier alpha value is -3.21. The number of aromatic nitrogens is 1. The average Bonchev–Trinajstić information content (AvgIpc) is 2.98. The number of hydrogen-bond donors (Lipinski definition) is 1. The summed E-state index contributed by atoms with van der Waals surface area (Å²) in [5.74, 6) is -1.18. The van der Waals surface area contributed by atoms with Crippen LogP contribution in [0.2, 0.25) is 0 Å². The van der Waals surface area contributed by atoms with Gasteiger partial charge in [-0.3, -0.25) is 9.78 Å². The van der Waals surface area contributed by atoms with Crippen molar-refractivity contribution in [2.75, 3.05) is 0 Å². The van der Waals surface area contributed by atoms with Gasteiger partial charge in [-0.05, 0) is 35.7 Å². The third-order valence-corrected chi connectivity index (χ3v) is 4.91. The third kappa shape index (κ3) is 2.62. The van der Waals surface area contributed by atoms with Crippen molar-refractivity contribution >= 4 is 22.8 Å². The van der Waals surface area contributed by atoms with Crippen molar-refractivity contribution in [2.45, 2.75) is 25.9 Å². The number of carbonyl (C=O) groups excluding carboxylic acids is 1. The van der Waals surface area contributed by atoms with Crippen LogP contribution in [0.3, 0.4) is 0 Å². The fourth-order valence-corrected chi connectivity index (χ4v) is 3.51. The smallest absolute Gasteiger partial charge is 0.326 e. The molecule has 130 valence electrons. The van der Waals surface area contributed by atoms with Gasteiger partial charge >= 0.3 is 5.97 Å². The molecular weight excluding hydrogens is 328 g/mol. The molecule has 3 aromatic rings. The number of fused-ring (bicyclic) bond motifs is 2. The van der Waals surface area contributed by atoms with Crippen LogP contribution in [-0.2, 0) is 11.3 Å². The number of amides is 1. The lowest BCUT2D eigenvalue weighted by molar-refractivity contribution is -0.142. The van der Waals surface area contributed by atoms with E-state index in [4.69, 9.17) is 0 Å². The number of pyridine rings is 1. The second-order valence-electron chi connectivity index (χ2n) is 6.48. The second-order valence-corrected chi connectivity index (χ2v) is 6.48. The Morgan fingerprint density at radius 3 is 2.77 bits per heavy atom. The van der Waals surface area contributed by atoms with Gasteiger partial charge in [0, 0.05) is 29.3 Å². The summed E-state index contributed by atoms with van der Waals surface area (Å²) in [7, 11) is 0. The van der Waals surface area contributed by atoms with Crippen molar-refractivity contribution in [1.29, 1.82) is 0 Å². The van der Waals surface area contributed by atoms with Gasteiger partial charge in [0.1, 0.15) is 6.04 Å². The van der Waals surface area contributed by atoms with Crippen LogP contribution >= 0.6 is 0 Å². The van der Waals surface area contributed by atoms with Crippen LogP contribution in [0.5, 0.6) is 0 Å². The third-order valence-electron chi connectivity index (χ3n) is 4.91. The number of hydrogen-bond acceptors (Lipinski definition) is 3. The quantitative estimate of drug-likeness (QED) is 0.781. The lowest BCUT2D eigenvalue weighted by Gasteiger charge is -2.22. The molecule has 5 heteroatoms. The summed E-state index contributed by atoms with van der Waals surface area (Å²) in [6, 6.07) is 14.9. The normalized spacial score (nSPS) is 14.5. The maximum atomic E-state index is 12.7. The van der Waals surface area contributed by atoms with E-state index >= 15 is 0 Å². The molecule has 2 heterocycles. The van der Waals surface area contributed by atoms with Gasteiger partial charge in [0.25, 0.3) is 5.91 Å². The van der Waals surface area contributed by atoms with Gasteiger partial charge < -0.3 is 10.0 Å². The molecule has 0 aliphatic carbocycles. The van der Waals surface area contributed by atoms with Crippen molar-refractivity contribution < 1.29 is 14.7 Å². The van der Waals surface area contributed by atoms with Crippen LogP contribution in [0.15, 0.2) is 54.7 Å². The summed E-state index contributed by atoms with van der Waals surface area (Å²) in [6.45, 7) is 2.12. The Balaban J connectivity index is 1.71. The molecule has 2 aromatic carbocycles. The highest BCUT2D eigenvalue weighted by Crippen LogP contribution is 2.31. The molecule has 0 saturated heterocycles. The monoisotopic (exact) mass is 346 g/mol. The number of aliphatic carboxylic acids is 1. The van der Waals surface area contributed by atoms with E-state index in [0.29, 0.717) is 18.5 Å². The zero-order chi connectivity index (χ0) is 18.3. The summed E-state index contributed by atoms with van der Waals surface area (Å²) in [4.78, 5) is 30.1. The Labute approximate surface area is 150 Å². The number of carboxylic acid groups (broad SMARTS) is 1. The molecule has 1 atom stereocenters. The molecule has 0 spiro atoms. The Morgan fingerprint density at radius 2 is 2.00 bits per heavy atom. The summed E-state index contributed by atoms with van der Waals surface area (Å²) in [5, 5.41) is 10.4. The maximum Gasteiger partial charge on any atom is 0.326 e. The molecule has 4 rings (SSSR count). The number of carboxylic acids is 1. The van der Waals surface area contributed by atoms with Crippen LogP contribution in [-0.4, -0.2) is 32.9 Å². The molecule has 5 nitrogen and oxygen atoms in total. The van der Waals surface area contributed by atoms with Crippen molar-refractivity contribution in [3.63, 3.8) is 0 Å². The van der Waals surface area contributed by atoms with E-state index in [-0.39, 0.29) is 5.91 Å². The molecule has 1 unspecified atom stereocenters. The number of rotatable bonds is 4. The Morgan fingerprint density at radius 1 is 1.19 bits per heavy atom. The highest BCUT2D eigenvalue weighted by atomic mass is 16.4. The van der Waals surface area contributed by atoms with Gasteiger partial charge in [-0.15, -0.1) is 0 Å².